The maximum atomic E-state index is 2.99. The number of hydrogen-bond acceptors (Lipinski definition) is 0. The van der Waals surface area contributed by atoms with Crippen LogP contribution in [0.1, 0.15) is 6.42 Å². The van der Waals surface area contributed by atoms with Gasteiger partial charge < -0.3 is 53.6 Å². The number of allylic oxidation sites excluding steroid dienone is 4. The van der Waals surface area contributed by atoms with E-state index < -0.39 is 0 Å². The molecule has 0 saturated heterocycles. The fraction of sp³-hybridized carbons (Fsp3) is 0.100. The smallest absolute Gasteiger partial charge is 0 e. The molecule has 0 aromatic rings. The first-order valence-corrected chi connectivity index (χ1v) is 1.72. The van der Waals surface area contributed by atoms with Crippen LogP contribution < -0.4 is 0 Å². The summed E-state index contributed by atoms with van der Waals surface area (Å²) in [7, 11) is 0. The topological polar surface area (TPSA) is 85.5 Å². The molecule has 1 aliphatic rings. The van der Waals surface area contributed by atoms with Crippen molar-refractivity contribution in [2.24, 2.45) is 0 Å². The average Bonchev–Trinajstić information content (AvgIpc) is 1.76. The van der Waals surface area contributed by atoms with Crippen LogP contribution in [0, 0.1) is 43.2 Å². The molecule has 0 saturated carbocycles. The van der Waals surface area contributed by atoms with Crippen molar-refractivity contribution in [3.8, 4) is 0 Å². The molecule has 0 fully saturated rings. The quantitative estimate of drug-likeness (QED) is 0.583. The summed E-state index contributed by atoms with van der Waals surface area (Å²) in [5.41, 5.74) is 0. The SMILES string of the molecule is [C-]1=CC=CC1.[CH3-].[CH3-].[CH3-].[CH3-].[CH3-].[O-2].[O-2].[O-2].[Re]. The molecule has 1 aliphatic carbocycles. The molecule has 0 aliphatic heterocycles. The summed E-state index contributed by atoms with van der Waals surface area (Å²) in [5.74, 6) is 0. The Morgan fingerprint density at radius 1 is 0.786 bits per heavy atom. The van der Waals surface area contributed by atoms with Crippen LogP contribution in [0.5, 0.6) is 0 Å². The second-order valence-electron chi connectivity index (χ2n) is 1.00. The van der Waals surface area contributed by atoms with Gasteiger partial charge in [-0.15, -0.1) is 6.42 Å². The van der Waals surface area contributed by atoms with Crippen molar-refractivity contribution in [1.29, 1.82) is 0 Å². The van der Waals surface area contributed by atoms with Crippen molar-refractivity contribution in [2.45, 2.75) is 6.42 Å². The third-order valence-electron chi connectivity index (χ3n) is 0.586. The Morgan fingerprint density at radius 3 is 1.21 bits per heavy atom. The van der Waals surface area contributed by atoms with Gasteiger partial charge in [0.05, 0.1) is 0 Å². The molecule has 0 heterocycles. The third-order valence-corrected chi connectivity index (χ3v) is 0.586. The molecule has 0 N–H and O–H groups in total. The molecule has 0 atom stereocenters. The molecule has 1 radical (unpaired) electrons. The van der Waals surface area contributed by atoms with Crippen LogP contribution in [0.25, 0.3) is 0 Å². The Balaban J connectivity index is -0.00000000397. The first-order valence-electron chi connectivity index (χ1n) is 1.72. The second-order valence-corrected chi connectivity index (χ2v) is 1.00. The molecule has 4 heteroatoms. The van der Waals surface area contributed by atoms with Crippen LogP contribution in [0.2, 0.25) is 0 Å². The van der Waals surface area contributed by atoms with Crippen molar-refractivity contribution in [2.75, 3.05) is 0 Å². The van der Waals surface area contributed by atoms with Crippen LogP contribution >= 0.6 is 0 Å². The normalized spacial score (nSPS) is 6.29. The number of rotatable bonds is 0. The molecule has 1 rings (SSSR count). The van der Waals surface area contributed by atoms with Gasteiger partial charge >= 0.3 is 0 Å². The standard InChI is InChI=1S/C5H5.5CH3.3O.Re/c1-2-4-5-3-1;;;;;;;;;/h1-3H,4H2;5*1H3;;;;/q6*-1;3*-2;. The first-order chi connectivity index (χ1) is 2.50. The Hall–Kier alpha value is 0.0223. The van der Waals surface area contributed by atoms with Gasteiger partial charge in [-0.05, 0) is 0 Å². The van der Waals surface area contributed by atoms with E-state index in [1.807, 2.05) is 12.2 Å². The fourth-order valence-corrected chi connectivity index (χ4v) is 0.340. The second kappa shape index (κ2) is 74.6. The van der Waals surface area contributed by atoms with E-state index in [-0.39, 0.29) is 74.0 Å². The van der Waals surface area contributed by atoms with E-state index >= 15 is 0 Å². The van der Waals surface area contributed by atoms with Gasteiger partial charge in [0.1, 0.15) is 0 Å². The molecular weight excluding hydrogens is 354 g/mol. The van der Waals surface area contributed by atoms with Crippen molar-refractivity contribution in [1.82, 2.24) is 0 Å². The summed E-state index contributed by atoms with van der Waals surface area (Å²) >= 11 is 0. The van der Waals surface area contributed by atoms with Gasteiger partial charge in [0, 0.05) is 20.4 Å². The summed E-state index contributed by atoms with van der Waals surface area (Å²) in [5, 5.41) is 0. The minimum atomic E-state index is 0. The summed E-state index contributed by atoms with van der Waals surface area (Å²) in [6, 6.07) is 0. The van der Waals surface area contributed by atoms with E-state index in [0.29, 0.717) is 0 Å². The zero-order valence-electron chi connectivity index (χ0n) is 9.54. The van der Waals surface area contributed by atoms with E-state index in [1.54, 1.807) is 0 Å². The zero-order valence-corrected chi connectivity index (χ0v) is 12.3. The Bertz CT molecular complexity index is 73.4. The number of hydrogen-bond donors (Lipinski definition) is 0. The van der Waals surface area contributed by atoms with E-state index in [4.69, 9.17) is 0 Å². The molecule has 0 spiro atoms. The largest absolute Gasteiger partial charge is 2.00 e. The van der Waals surface area contributed by atoms with Gasteiger partial charge in [-0.1, -0.05) is 0 Å². The van der Waals surface area contributed by atoms with Crippen LogP contribution in [0.3, 0.4) is 0 Å². The van der Waals surface area contributed by atoms with Crippen molar-refractivity contribution in [3.05, 3.63) is 61.4 Å². The third kappa shape index (κ3) is 57.9. The van der Waals surface area contributed by atoms with E-state index in [1.165, 1.54) is 0 Å². The predicted molar refractivity (Wildman–Crippen MR) is 55.7 cm³/mol. The minimum Gasteiger partial charge on any atom is -2.00 e. The van der Waals surface area contributed by atoms with Gasteiger partial charge in [0.15, 0.2) is 0 Å². The van der Waals surface area contributed by atoms with Gasteiger partial charge in [0.2, 0.25) is 0 Å². The Labute approximate surface area is 105 Å². The molecule has 0 aromatic heterocycles. The van der Waals surface area contributed by atoms with E-state index in [2.05, 4.69) is 12.2 Å². The summed E-state index contributed by atoms with van der Waals surface area (Å²) in [4.78, 5) is 0. The monoisotopic (exact) mass is 375 g/mol. The summed E-state index contributed by atoms with van der Waals surface area (Å²) < 4.78 is 0. The van der Waals surface area contributed by atoms with Crippen LogP contribution in [0.4, 0.5) is 0 Å². The van der Waals surface area contributed by atoms with Crippen LogP contribution in [0.15, 0.2) is 18.2 Å². The van der Waals surface area contributed by atoms with Crippen molar-refractivity contribution >= 4 is 0 Å². The molecule has 0 aromatic carbocycles. The Kier molecular flexibility index (Phi) is 502. The molecule has 0 bridgehead atoms. The van der Waals surface area contributed by atoms with E-state index in [9.17, 15) is 0 Å². The van der Waals surface area contributed by atoms with E-state index in [0.717, 1.165) is 6.42 Å². The van der Waals surface area contributed by atoms with Crippen molar-refractivity contribution in [3.63, 3.8) is 0 Å². The molecule has 97 valence electrons. The summed E-state index contributed by atoms with van der Waals surface area (Å²) in [6.45, 7) is 0. The molecular formula is C10H20O3Re-12. The molecule has 14 heavy (non-hydrogen) atoms. The average molecular weight is 374 g/mol. The van der Waals surface area contributed by atoms with Crippen LogP contribution in [-0.2, 0) is 36.9 Å². The molecule has 3 nitrogen and oxygen atoms in total. The van der Waals surface area contributed by atoms with Gasteiger partial charge in [-0.25, -0.2) is 12.2 Å². The maximum Gasteiger partial charge on any atom is 0 e. The van der Waals surface area contributed by atoms with Gasteiger partial charge in [-0.3, -0.25) is 6.08 Å². The fourth-order valence-electron chi connectivity index (χ4n) is 0.340. The minimum absolute atomic E-state index is 0. The Morgan fingerprint density at radius 2 is 1.14 bits per heavy atom. The maximum absolute atomic E-state index is 2.99. The van der Waals surface area contributed by atoms with Gasteiger partial charge in [0.25, 0.3) is 0 Å². The van der Waals surface area contributed by atoms with Crippen molar-refractivity contribution < 1.29 is 36.9 Å². The molecule has 0 unspecified atom stereocenters. The zero-order chi connectivity index (χ0) is 3.54. The van der Waals surface area contributed by atoms with Gasteiger partial charge in [-0.2, -0.15) is 6.08 Å². The van der Waals surface area contributed by atoms with Crippen LogP contribution in [-0.4, -0.2) is 0 Å². The summed E-state index contributed by atoms with van der Waals surface area (Å²) in [6.07, 6.45) is 10.0. The first kappa shape index (κ1) is 94.3. The predicted octanol–water partition coefficient (Wildman–Crippen LogP) is 3.20. The molecule has 0 amide bonds.